The van der Waals surface area contributed by atoms with Gasteiger partial charge in [0.1, 0.15) is 5.60 Å². The zero-order valence-electron chi connectivity index (χ0n) is 14.4. The van der Waals surface area contributed by atoms with Crippen LogP contribution in [0.15, 0.2) is 0 Å². The smallest absolute Gasteiger partial charge is 0.410 e. The Kier molecular flexibility index (Phi) is 6.09. The maximum Gasteiger partial charge on any atom is 0.410 e. The number of piperidine rings is 2. The molecule has 0 aromatic carbocycles. The van der Waals surface area contributed by atoms with Crippen molar-refractivity contribution in [2.45, 2.75) is 64.6 Å². The van der Waals surface area contributed by atoms with E-state index < -0.39 is 5.60 Å². The average Bonchev–Trinajstić information content (AvgIpc) is 2.44. The largest absolute Gasteiger partial charge is 0.444 e. The number of aliphatic hydroxyl groups excluding tert-OH is 1. The number of hydrogen-bond donors (Lipinski definition) is 1. The van der Waals surface area contributed by atoms with Crippen molar-refractivity contribution >= 4 is 6.09 Å². The SMILES string of the molecule is CC(C)(C)OC(=O)N1CCC[C@@H](CCN2CCC[C@H](O)C2)C1. The van der Waals surface area contributed by atoms with E-state index in [4.69, 9.17) is 4.74 Å². The van der Waals surface area contributed by atoms with Crippen LogP contribution in [-0.2, 0) is 4.74 Å². The summed E-state index contributed by atoms with van der Waals surface area (Å²) in [6.45, 7) is 10.3. The summed E-state index contributed by atoms with van der Waals surface area (Å²) >= 11 is 0. The molecule has 2 aliphatic rings. The number of hydrogen-bond acceptors (Lipinski definition) is 4. The number of nitrogens with zero attached hydrogens (tertiary/aromatic N) is 2. The Balaban J connectivity index is 1.74. The summed E-state index contributed by atoms with van der Waals surface area (Å²) in [5, 5.41) is 9.73. The Morgan fingerprint density at radius 2 is 1.91 bits per heavy atom. The topological polar surface area (TPSA) is 53.0 Å². The van der Waals surface area contributed by atoms with Gasteiger partial charge in [0.2, 0.25) is 0 Å². The number of carbonyl (C=O) groups is 1. The number of rotatable bonds is 3. The zero-order valence-corrected chi connectivity index (χ0v) is 14.4. The molecule has 128 valence electrons. The second kappa shape index (κ2) is 7.64. The van der Waals surface area contributed by atoms with Crippen molar-refractivity contribution in [3.05, 3.63) is 0 Å². The van der Waals surface area contributed by atoms with E-state index in [0.717, 1.165) is 58.4 Å². The maximum atomic E-state index is 12.2. The third-order valence-corrected chi connectivity index (χ3v) is 4.50. The van der Waals surface area contributed by atoms with Gasteiger partial charge >= 0.3 is 6.09 Å². The zero-order chi connectivity index (χ0) is 16.2. The molecule has 2 rings (SSSR count). The lowest BCUT2D eigenvalue weighted by Gasteiger charge is -2.36. The Morgan fingerprint density at radius 3 is 2.59 bits per heavy atom. The molecule has 0 radical (unpaired) electrons. The van der Waals surface area contributed by atoms with Crippen molar-refractivity contribution in [2.24, 2.45) is 5.92 Å². The predicted molar refractivity (Wildman–Crippen MR) is 86.8 cm³/mol. The highest BCUT2D eigenvalue weighted by Crippen LogP contribution is 2.22. The average molecular weight is 312 g/mol. The summed E-state index contributed by atoms with van der Waals surface area (Å²) in [5.74, 6) is 0.556. The number of aliphatic hydroxyl groups is 1. The van der Waals surface area contributed by atoms with E-state index in [1.165, 1.54) is 6.42 Å². The highest BCUT2D eigenvalue weighted by molar-refractivity contribution is 5.68. The Morgan fingerprint density at radius 1 is 1.18 bits per heavy atom. The lowest BCUT2D eigenvalue weighted by atomic mass is 9.94. The molecule has 0 aromatic rings. The van der Waals surface area contributed by atoms with Crippen LogP contribution < -0.4 is 0 Å². The van der Waals surface area contributed by atoms with Gasteiger partial charge in [0.05, 0.1) is 6.10 Å². The van der Waals surface area contributed by atoms with E-state index in [-0.39, 0.29) is 12.2 Å². The third-order valence-electron chi connectivity index (χ3n) is 4.50. The fourth-order valence-electron chi connectivity index (χ4n) is 3.39. The van der Waals surface area contributed by atoms with Crippen LogP contribution in [0.25, 0.3) is 0 Å². The Hall–Kier alpha value is -0.810. The molecule has 1 N–H and O–H groups in total. The minimum Gasteiger partial charge on any atom is -0.444 e. The van der Waals surface area contributed by atoms with Crippen LogP contribution in [0.4, 0.5) is 4.79 Å². The van der Waals surface area contributed by atoms with E-state index in [0.29, 0.717) is 5.92 Å². The van der Waals surface area contributed by atoms with E-state index in [1.807, 2.05) is 25.7 Å². The fraction of sp³-hybridized carbons (Fsp3) is 0.941. The molecule has 0 unspecified atom stereocenters. The molecule has 0 spiro atoms. The van der Waals surface area contributed by atoms with Gasteiger partial charge in [-0.25, -0.2) is 4.79 Å². The van der Waals surface area contributed by atoms with Gasteiger partial charge in [-0.2, -0.15) is 0 Å². The van der Waals surface area contributed by atoms with Crippen LogP contribution in [0.5, 0.6) is 0 Å². The molecule has 2 heterocycles. The van der Waals surface area contributed by atoms with Gasteiger partial charge in [-0.3, -0.25) is 0 Å². The highest BCUT2D eigenvalue weighted by atomic mass is 16.6. The predicted octanol–water partition coefficient (Wildman–Crippen LogP) is 2.48. The molecule has 1 amide bonds. The van der Waals surface area contributed by atoms with Crippen LogP contribution >= 0.6 is 0 Å². The standard InChI is InChI=1S/C17H32N2O3/c1-17(2,3)22-16(21)19-10-4-6-14(12-19)8-11-18-9-5-7-15(20)13-18/h14-15,20H,4-13H2,1-3H3/t14-,15-/m0/s1. The molecule has 5 nitrogen and oxygen atoms in total. The van der Waals surface area contributed by atoms with Gasteiger partial charge in [-0.1, -0.05) is 0 Å². The normalized spacial score (nSPS) is 27.7. The highest BCUT2D eigenvalue weighted by Gasteiger charge is 2.28. The molecule has 0 saturated carbocycles. The second-order valence-corrected chi connectivity index (χ2v) is 7.82. The molecular weight excluding hydrogens is 280 g/mol. The van der Waals surface area contributed by atoms with Gasteiger partial charge in [0.25, 0.3) is 0 Å². The number of ether oxygens (including phenoxy) is 1. The summed E-state index contributed by atoms with van der Waals surface area (Å²) in [6, 6.07) is 0. The van der Waals surface area contributed by atoms with Crippen LogP contribution in [0.1, 0.15) is 52.9 Å². The van der Waals surface area contributed by atoms with Gasteiger partial charge in [-0.15, -0.1) is 0 Å². The lowest BCUT2D eigenvalue weighted by molar-refractivity contribution is 0.0148. The number of carbonyl (C=O) groups excluding carboxylic acids is 1. The van der Waals surface area contributed by atoms with Crippen molar-refractivity contribution < 1.29 is 14.6 Å². The van der Waals surface area contributed by atoms with Crippen LogP contribution in [0, 0.1) is 5.92 Å². The molecule has 2 saturated heterocycles. The molecule has 22 heavy (non-hydrogen) atoms. The molecule has 5 heteroatoms. The van der Waals surface area contributed by atoms with Crippen molar-refractivity contribution in [1.82, 2.24) is 9.80 Å². The first-order chi connectivity index (χ1) is 10.3. The molecule has 2 atom stereocenters. The minimum absolute atomic E-state index is 0.154. The second-order valence-electron chi connectivity index (χ2n) is 7.82. The quantitative estimate of drug-likeness (QED) is 0.870. The molecule has 0 aromatic heterocycles. The lowest BCUT2D eigenvalue weighted by Crippen LogP contribution is -2.44. The number of amides is 1. The van der Waals surface area contributed by atoms with E-state index in [1.54, 1.807) is 0 Å². The van der Waals surface area contributed by atoms with Crippen molar-refractivity contribution in [3.63, 3.8) is 0 Å². The first kappa shape index (κ1) is 17.5. The molecule has 2 fully saturated rings. The minimum atomic E-state index is -0.423. The molecular formula is C17H32N2O3. The Labute approximate surface area is 134 Å². The summed E-state index contributed by atoms with van der Waals surface area (Å²) in [7, 11) is 0. The van der Waals surface area contributed by atoms with Gasteiger partial charge in [-0.05, 0) is 71.9 Å². The van der Waals surface area contributed by atoms with E-state index in [2.05, 4.69) is 4.90 Å². The van der Waals surface area contributed by atoms with Gasteiger partial charge < -0.3 is 19.6 Å². The number of β-amino-alcohol motifs (C(OH)–C–C–N with tert-alkyl or cyclic N) is 1. The van der Waals surface area contributed by atoms with Gasteiger partial charge in [0.15, 0.2) is 0 Å². The van der Waals surface area contributed by atoms with Crippen molar-refractivity contribution in [2.75, 3.05) is 32.7 Å². The summed E-state index contributed by atoms with van der Waals surface area (Å²) < 4.78 is 5.48. The summed E-state index contributed by atoms with van der Waals surface area (Å²) in [5.41, 5.74) is -0.423. The number of likely N-dealkylation sites (tertiary alicyclic amines) is 2. The van der Waals surface area contributed by atoms with Crippen LogP contribution in [0.3, 0.4) is 0 Å². The first-order valence-electron chi connectivity index (χ1n) is 8.72. The molecule has 2 aliphatic heterocycles. The monoisotopic (exact) mass is 312 g/mol. The fourth-order valence-corrected chi connectivity index (χ4v) is 3.39. The van der Waals surface area contributed by atoms with Crippen LogP contribution in [-0.4, -0.2) is 65.4 Å². The maximum absolute atomic E-state index is 12.2. The third kappa shape index (κ3) is 5.76. The molecule has 0 aliphatic carbocycles. The van der Waals surface area contributed by atoms with Gasteiger partial charge in [0, 0.05) is 19.6 Å². The summed E-state index contributed by atoms with van der Waals surface area (Å²) in [4.78, 5) is 16.4. The van der Waals surface area contributed by atoms with Crippen molar-refractivity contribution in [3.8, 4) is 0 Å². The Bertz CT molecular complexity index is 367. The van der Waals surface area contributed by atoms with E-state index >= 15 is 0 Å². The van der Waals surface area contributed by atoms with Crippen LogP contribution in [0.2, 0.25) is 0 Å². The summed E-state index contributed by atoms with van der Waals surface area (Å²) in [6.07, 6.45) is 5.06. The molecule has 0 bridgehead atoms. The van der Waals surface area contributed by atoms with E-state index in [9.17, 15) is 9.90 Å². The van der Waals surface area contributed by atoms with Crippen molar-refractivity contribution in [1.29, 1.82) is 0 Å². The first-order valence-corrected chi connectivity index (χ1v) is 8.72.